The summed E-state index contributed by atoms with van der Waals surface area (Å²) in [6, 6.07) is 0. The Morgan fingerprint density at radius 3 is 2.92 bits per heavy atom. The van der Waals surface area contributed by atoms with Gasteiger partial charge in [0, 0.05) is 6.20 Å². The lowest BCUT2D eigenvalue weighted by Gasteiger charge is -2.02. The minimum Gasteiger partial charge on any atom is -0.465 e. The number of nitrogens with zero attached hydrogens (tertiary/aromatic N) is 1. The molecule has 0 amide bonds. The van der Waals surface area contributed by atoms with Crippen LogP contribution in [-0.2, 0) is 4.74 Å². The lowest BCUT2D eigenvalue weighted by Crippen LogP contribution is -2.04. The van der Waals surface area contributed by atoms with Crippen LogP contribution in [0.15, 0.2) is 10.7 Å². The van der Waals surface area contributed by atoms with Gasteiger partial charge < -0.3 is 4.74 Å². The fraction of sp³-hybridized carbons (Fsp3) is 0.143. The van der Waals surface area contributed by atoms with E-state index in [0.29, 0.717) is 0 Å². The molecule has 1 aromatic rings. The smallest absolute Gasteiger partial charge is 0.340 e. The summed E-state index contributed by atoms with van der Waals surface area (Å²) >= 11 is 8.24. The van der Waals surface area contributed by atoms with Crippen molar-refractivity contribution in [3.8, 4) is 0 Å². The Morgan fingerprint density at radius 1 is 1.77 bits per heavy atom. The summed E-state index contributed by atoms with van der Waals surface area (Å²) in [6.07, 6.45) is 1.14. The molecule has 0 radical (unpaired) electrons. The molecular weight excluding hydrogens is 264 g/mol. The number of carbonyl (C=O) groups is 1. The molecule has 70 valence electrons. The van der Waals surface area contributed by atoms with Crippen molar-refractivity contribution < 1.29 is 13.9 Å². The van der Waals surface area contributed by atoms with Gasteiger partial charge in [-0.1, -0.05) is 11.6 Å². The number of carbonyl (C=O) groups excluding carboxylic acids is 1. The van der Waals surface area contributed by atoms with Crippen LogP contribution in [0.25, 0.3) is 0 Å². The average Bonchev–Trinajstić information content (AvgIpc) is 2.13. The number of pyridine rings is 1. The summed E-state index contributed by atoms with van der Waals surface area (Å²) in [6.45, 7) is 0. The summed E-state index contributed by atoms with van der Waals surface area (Å²) < 4.78 is 17.4. The van der Waals surface area contributed by atoms with E-state index in [1.807, 2.05) is 0 Å². The molecule has 0 saturated heterocycles. The van der Waals surface area contributed by atoms with Crippen LogP contribution in [0.4, 0.5) is 4.39 Å². The summed E-state index contributed by atoms with van der Waals surface area (Å²) in [5, 5.41) is -0.292. The van der Waals surface area contributed by atoms with E-state index in [4.69, 9.17) is 11.6 Å². The zero-order chi connectivity index (χ0) is 10.0. The highest BCUT2D eigenvalue weighted by Crippen LogP contribution is 2.24. The minimum atomic E-state index is -0.774. The standard InChI is InChI=1S/C7H4BrClFNO2/c1-13-7(12)3-2-11-6(9)5(10)4(3)8/h2H,1H3. The third-order valence-electron chi connectivity index (χ3n) is 1.32. The van der Waals surface area contributed by atoms with Crippen LogP contribution in [0.1, 0.15) is 10.4 Å². The number of methoxy groups -OCH3 is 1. The van der Waals surface area contributed by atoms with Gasteiger partial charge in [-0.15, -0.1) is 0 Å². The Morgan fingerprint density at radius 2 is 2.38 bits per heavy atom. The maximum atomic E-state index is 13.0. The number of hydrogen-bond acceptors (Lipinski definition) is 3. The zero-order valence-electron chi connectivity index (χ0n) is 6.47. The Labute approximate surface area is 87.0 Å². The quantitative estimate of drug-likeness (QED) is 0.580. The highest BCUT2D eigenvalue weighted by molar-refractivity contribution is 9.10. The highest BCUT2D eigenvalue weighted by atomic mass is 79.9. The van der Waals surface area contributed by atoms with Crippen molar-refractivity contribution in [2.45, 2.75) is 0 Å². The molecule has 1 rings (SSSR count). The molecule has 1 heterocycles. The van der Waals surface area contributed by atoms with Crippen molar-refractivity contribution in [2.75, 3.05) is 7.11 Å². The Balaban J connectivity index is 3.26. The second-order valence-electron chi connectivity index (χ2n) is 2.08. The zero-order valence-corrected chi connectivity index (χ0v) is 8.82. The Bertz CT molecular complexity index is 359. The molecule has 0 aliphatic carbocycles. The summed E-state index contributed by atoms with van der Waals surface area (Å²) in [4.78, 5) is 14.5. The highest BCUT2D eigenvalue weighted by Gasteiger charge is 2.16. The normalized spacial score (nSPS) is 9.85. The van der Waals surface area contributed by atoms with Crippen molar-refractivity contribution >= 4 is 33.5 Å². The monoisotopic (exact) mass is 267 g/mol. The van der Waals surface area contributed by atoms with Crippen molar-refractivity contribution in [2.24, 2.45) is 0 Å². The van der Waals surface area contributed by atoms with Crippen molar-refractivity contribution in [3.63, 3.8) is 0 Å². The molecule has 13 heavy (non-hydrogen) atoms. The van der Waals surface area contributed by atoms with Gasteiger partial charge in [-0.25, -0.2) is 14.2 Å². The molecule has 0 unspecified atom stereocenters. The lowest BCUT2D eigenvalue weighted by atomic mass is 10.3. The second-order valence-corrected chi connectivity index (χ2v) is 3.23. The molecule has 0 aromatic carbocycles. The van der Waals surface area contributed by atoms with Gasteiger partial charge >= 0.3 is 5.97 Å². The van der Waals surface area contributed by atoms with Crippen LogP contribution in [0.5, 0.6) is 0 Å². The van der Waals surface area contributed by atoms with Gasteiger partial charge in [0.1, 0.15) is 0 Å². The molecule has 1 aromatic heterocycles. The molecular formula is C7H4BrClFNO2. The van der Waals surface area contributed by atoms with Gasteiger partial charge in [-0.3, -0.25) is 0 Å². The van der Waals surface area contributed by atoms with E-state index >= 15 is 0 Å². The van der Waals surface area contributed by atoms with Gasteiger partial charge in [0.05, 0.1) is 17.1 Å². The van der Waals surface area contributed by atoms with Gasteiger partial charge in [0.15, 0.2) is 11.0 Å². The third kappa shape index (κ3) is 1.97. The van der Waals surface area contributed by atoms with Crippen molar-refractivity contribution in [1.29, 1.82) is 0 Å². The van der Waals surface area contributed by atoms with E-state index in [1.54, 1.807) is 0 Å². The van der Waals surface area contributed by atoms with Crippen LogP contribution in [0, 0.1) is 5.82 Å². The predicted molar refractivity (Wildman–Crippen MR) is 48.2 cm³/mol. The number of ether oxygens (including phenoxy) is 1. The number of aromatic nitrogens is 1. The number of halogens is 3. The van der Waals surface area contributed by atoms with Crippen LogP contribution in [0.3, 0.4) is 0 Å². The molecule has 6 heteroatoms. The summed E-state index contributed by atoms with van der Waals surface area (Å²) in [5.41, 5.74) is 0.00407. The maximum absolute atomic E-state index is 13.0. The number of esters is 1. The maximum Gasteiger partial charge on any atom is 0.340 e. The van der Waals surface area contributed by atoms with Crippen LogP contribution in [-0.4, -0.2) is 18.1 Å². The first kappa shape index (κ1) is 10.4. The summed E-state index contributed by atoms with van der Waals surface area (Å²) in [7, 11) is 1.20. The van der Waals surface area contributed by atoms with Gasteiger partial charge in [0.25, 0.3) is 0 Å². The first-order valence-electron chi connectivity index (χ1n) is 3.15. The average molecular weight is 268 g/mol. The fourth-order valence-corrected chi connectivity index (χ4v) is 1.41. The molecule has 0 aliphatic heterocycles. The molecule has 0 bridgehead atoms. The van der Waals surface area contributed by atoms with E-state index in [2.05, 4.69) is 25.7 Å². The Kier molecular flexibility index (Phi) is 3.22. The second kappa shape index (κ2) is 4.02. The molecule has 3 nitrogen and oxygen atoms in total. The van der Waals surface area contributed by atoms with Crippen LogP contribution in [0.2, 0.25) is 5.15 Å². The number of hydrogen-bond donors (Lipinski definition) is 0. The minimum absolute atomic E-state index is 0.00407. The molecule has 0 saturated carbocycles. The van der Waals surface area contributed by atoms with Crippen molar-refractivity contribution in [3.05, 3.63) is 27.2 Å². The third-order valence-corrected chi connectivity index (χ3v) is 2.36. The van der Waals surface area contributed by atoms with Gasteiger partial charge in [-0.05, 0) is 15.9 Å². The van der Waals surface area contributed by atoms with Crippen LogP contribution < -0.4 is 0 Å². The fourth-order valence-electron chi connectivity index (χ4n) is 0.696. The molecule has 0 fully saturated rings. The number of rotatable bonds is 1. The summed E-state index contributed by atoms with van der Waals surface area (Å²) in [5.74, 6) is -1.44. The van der Waals surface area contributed by atoms with E-state index in [1.165, 1.54) is 7.11 Å². The Hall–Kier alpha value is -0.680. The predicted octanol–water partition coefficient (Wildman–Crippen LogP) is 2.42. The lowest BCUT2D eigenvalue weighted by molar-refractivity contribution is 0.0598. The molecule has 0 aliphatic rings. The van der Waals surface area contributed by atoms with Gasteiger partial charge in [0.2, 0.25) is 0 Å². The van der Waals surface area contributed by atoms with E-state index in [-0.39, 0.29) is 15.2 Å². The molecule has 0 N–H and O–H groups in total. The topological polar surface area (TPSA) is 39.2 Å². The van der Waals surface area contributed by atoms with E-state index in [9.17, 15) is 9.18 Å². The molecule has 0 spiro atoms. The van der Waals surface area contributed by atoms with Crippen LogP contribution >= 0.6 is 27.5 Å². The van der Waals surface area contributed by atoms with E-state index < -0.39 is 11.8 Å². The first-order valence-corrected chi connectivity index (χ1v) is 4.32. The largest absolute Gasteiger partial charge is 0.465 e. The molecule has 0 atom stereocenters. The SMILES string of the molecule is COC(=O)c1cnc(Cl)c(F)c1Br. The van der Waals surface area contributed by atoms with Gasteiger partial charge in [-0.2, -0.15) is 0 Å². The van der Waals surface area contributed by atoms with Crippen molar-refractivity contribution in [1.82, 2.24) is 4.98 Å². The van der Waals surface area contributed by atoms with E-state index in [0.717, 1.165) is 6.20 Å². The first-order chi connectivity index (χ1) is 6.07.